The van der Waals surface area contributed by atoms with Gasteiger partial charge in [0.2, 0.25) is 0 Å². The summed E-state index contributed by atoms with van der Waals surface area (Å²) in [4.78, 5) is 54.3. The van der Waals surface area contributed by atoms with Gasteiger partial charge in [0.1, 0.15) is 43.2 Å². The van der Waals surface area contributed by atoms with Gasteiger partial charge in [-0.2, -0.15) is 0 Å². The summed E-state index contributed by atoms with van der Waals surface area (Å²) in [5, 5.41) is 41.3. The van der Waals surface area contributed by atoms with Crippen LogP contribution in [0.15, 0.2) is 12.2 Å². The third-order valence-corrected chi connectivity index (χ3v) is 13.3. The minimum Gasteiger partial charge on any atom is -0.462 e. The monoisotopic (exact) mass is 959 g/mol. The second kappa shape index (κ2) is 34.1. The topological polar surface area (TPSA) is 269 Å². The largest absolute Gasteiger partial charge is 0.472 e. The van der Waals surface area contributed by atoms with E-state index in [0.717, 1.165) is 70.6 Å². The summed E-state index contributed by atoms with van der Waals surface area (Å²) in [7, 11) is -10.7. The summed E-state index contributed by atoms with van der Waals surface area (Å²) in [5.41, 5.74) is 0. The van der Waals surface area contributed by atoms with Crippen LogP contribution < -0.4 is 0 Å². The SMILES string of the molecule is CCCCC/C=C\CC1OC1CCCCCCCC(=O)O[C@H](COC(=O)CCCCCCCCCCCCCCCCC)COP(=O)(O)O[C@H]1C(O)C(O)C(O)[C@@H](OP(=O)(O)O)C1O. The van der Waals surface area contributed by atoms with E-state index in [4.69, 9.17) is 23.3 Å². The van der Waals surface area contributed by atoms with Crippen molar-refractivity contribution < 1.29 is 81.6 Å². The van der Waals surface area contributed by atoms with Crippen LogP contribution in [0.1, 0.15) is 194 Å². The minimum atomic E-state index is -5.36. The van der Waals surface area contributed by atoms with Crippen molar-refractivity contribution >= 4 is 27.6 Å². The Morgan fingerprint density at radius 3 is 1.59 bits per heavy atom. The molecule has 0 aromatic carbocycles. The molecule has 7 unspecified atom stereocenters. The molecule has 1 heterocycles. The lowest BCUT2D eigenvalue weighted by atomic mass is 9.85. The van der Waals surface area contributed by atoms with E-state index < -0.39 is 83.5 Å². The molecule has 1 saturated carbocycles. The van der Waals surface area contributed by atoms with Crippen LogP contribution in [-0.4, -0.2) is 115 Å². The molecular weight excluding hydrogens is 874 g/mol. The fourth-order valence-corrected chi connectivity index (χ4v) is 9.40. The highest BCUT2D eigenvalue weighted by Gasteiger charge is 2.54. The predicted octanol–water partition coefficient (Wildman–Crippen LogP) is 8.16. The number of unbranched alkanes of at least 4 members (excludes halogenated alkanes) is 21. The van der Waals surface area contributed by atoms with Gasteiger partial charge in [0.05, 0.1) is 18.8 Å². The molecule has 0 aromatic heterocycles. The van der Waals surface area contributed by atoms with Gasteiger partial charge in [0.25, 0.3) is 0 Å². The number of allylic oxidation sites excluding steroid dienone is 1. The Hall–Kier alpha value is -1.30. The van der Waals surface area contributed by atoms with Gasteiger partial charge in [-0.15, -0.1) is 0 Å². The fraction of sp³-hybridized carbons (Fsp3) is 0.911. The second-order valence-electron chi connectivity index (χ2n) is 17.6. The van der Waals surface area contributed by atoms with Crippen molar-refractivity contribution in [2.24, 2.45) is 0 Å². The molecule has 0 aromatic rings. The lowest BCUT2D eigenvalue weighted by Crippen LogP contribution is -2.64. The molecule has 17 nitrogen and oxygen atoms in total. The van der Waals surface area contributed by atoms with Crippen LogP contribution in [0.5, 0.6) is 0 Å². The molecule has 2 rings (SSSR count). The molecule has 64 heavy (non-hydrogen) atoms. The van der Waals surface area contributed by atoms with Crippen LogP contribution in [0.4, 0.5) is 0 Å². The standard InChI is InChI=1S/C45H84O17P2/c1-3-5-7-9-11-12-13-14-15-16-17-18-19-23-27-31-38(46)57-33-35(34-58-64(55,56)62-45-42(50)40(48)41(49)44(43(45)51)61-63(52,53)54)59-39(47)32-28-24-20-22-26-30-37-36(60-37)29-25-21-10-8-6-4-2/h21,25,35-37,40-45,48-51H,3-20,22-24,26-34H2,1-2H3,(H,55,56)(H2,52,53,54)/b25-21-/t35-,36?,37?,40?,41?,42?,43?,44-,45+/m1/s1. The molecule has 7 N–H and O–H groups in total. The molecule has 1 saturated heterocycles. The Kier molecular flexibility index (Phi) is 31.3. The molecule has 0 radical (unpaired) electrons. The van der Waals surface area contributed by atoms with E-state index >= 15 is 0 Å². The normalized spacial score (nSPS) is 25.0. The average Bonchev–Trinajstić information content (AvgIpc) is 4.01. The molecule has 0 spiro atoms. The van der Waals surface area contributed by atoms with Gasteiger partial charge >= 0.3 is 27.6 Å². The summed E-state index contributed by atoms with van der Waals surface area (Å²) < 4.78 is 55.2. The smallest absolute Gasteiger partial charge is 0.462 e. The first-order chi connectivity index (χ1) is 30.6. The number of aliphatic hydroxyl groups excluding tert-OH is 4. The van der Waals surface area contributed by atoms with Gasteiger partial charge in [0, 0.05) is 12.8 Å². The van der Waals surface area contributed by atoms with Crippen molar-refractivity contribution in [2.75, 3.05) is 13.2 Å². The molecule has 2 fully saturated rings. The number of hydrogen-bond acceptors (Lipinski definition) is 14. The lowest BCUT2D eigenvalue weighted by molar-refractivity contribution is -0.216. The molecule has 376 valence electrons. The van der Waals surface area contributed by atoms with Gasteiger partial charge in [-0.1, -0.05) is 154 Å². The third-order valence-electron chi connectivity index (χ3n) is 11.8. The number of ether oxygens (including phenoxy) is 3. The summed E-state index contributed by atoms with van der Waals surface area (Å²) in [6, 6.07) is 0. The Morgan fingerprint density at radius 2 is 1.05 bits per heavy atom. The number of carbonyl (C=O) groups excluding carboxylic acids is 2. The Morgan fingerprint density at radius 1 is 0.562 bits per heavy atom. The van der Waals surface area contributed by atoms with Gasteiger partial charge < -0.3 is 49.3 Å². The predicted molar refractivity (Wildman–Crippen MR) is 241 cm³/mol. The Bertz CT molecular complexity index is 1360. The molecule has 1 aliphatic heterocycles. The lowest BCUT2D eigenvalue weighted by Gasteiger charge is -2.43. The highest BCUT2D eigenvalue weighted by Crippen LogP contribution is 2.49. The van der Waals surface area contributed by atoms with Crippen LogP contribution in [-0.2, 0) is 46.5 Å². The average molecular weight is 959 g/mol. The number of esters is 2. The Balaban J connectivity index is 1.78. The molecule has 2 aliphatic rings. The minimum absolute atomic E-state index is 0.0247. The van der Waals surface area contributed by atoms with E-state index in [1.807, 2.05) is 0 Å². The summed E-state index contributed by atoms with van der Waals surface area (Å²) in [6.07, 6.45) is 19.0. The highest BCUT2D eigenvalue weighted by atomic mass is 31.2. The van der Waals surface area contributed by atoms with E-state index in [9.17, 15) is 53.8 Å². The molecule has 1 aliphatic carbocycles. The second-order valence-corrected chi connectivity index (χ2v) is 20.2. The number of hydrogen-bond donors (Lipinski definition) is 7. The number of phosphoric ester groups is 2. The maximum Gasteiger partial charge on any atom is 0.472 e. The number of epoxide rings is 1. The number of aliphatic hydroxyl groups is 4. The zero-order valence-corrected chi connectivity index (χ0v) is 40.5. The van der Waals surface area contributed by atoms with Gasteiger partial charge in [-0.25, -0.2) is 9.13 Å². The van der Waals surface area contributed by atoms with Crippen LogP contribution in [0.25, 0.3) is 0 Å². The first-order valence-electron chi connectivity index (χ1n) is 24.4. The van der Waals surface area contributed by atoms with Crippen LogP contribution in [0, 0.1) is 0 Å². The summed E-state index contributed by atoms with van der Waals surface area (Å²) in [6.45, 7) is 3.07. The fourth-order valence-electron chi connectivity index (χ4n) is 7.86. The Labute approximate surface area is 382 Å². The van der Waals surface area contributed by atoms with Crippen molar-refractivity contribution in [1.82, 2.24) is 0 Å². The maximum atomic E-state index is 13.0. The van der Waals surface area contributed by atoms with E-state index in [2.05, 4.69) is 30.5 Å². The number of carbonyl (C=O) groups is 2. The van der Waals surface area contributed by atoms with Gasteiger partial charge in [-0.3, -0.25) is 23.2 Å². The van der Waals surface area contributed by atoms with E-state index in [0.29, 0.717) is 25.0 Å². The van der Waals surface area contributed by atoms with Crippen molar-refractivity contribution in [2.45, 2.75) is 249 Å². The zero-order valence-electron chi connectivity index (χ0n) is 38.7. The number of phosphoric acid groups is 2. The van der Waals surface area contributed by atoms with Crippen molar-refractivity contribution in [3.8, 4) is 0 Å². The van der Waals surface area contributed by atoms with Crippen LogP contribution in [0.3, 0.4) is 0 Å². The molecule has 0 amide bonds. The number of rotatable bonds is 40. The van der Waals surface area contributed by atoms with Crippen molar-refractivity contribution in [3.05, 3.63) is 12.2 Å². The molecule has 19 heteroatoms. The molecular formula is C45H84O17P2. The van der Waals surface area contributed by atoms with Crippen molar-refractivity contribution in [1.29, 1.82) is 0 Å². The maximum absolute atomic E-state index is 13.0. The van der Waals surface area contributed by atoms with Crippen molar-refractivity contribution in [3.63, 3.8) is 0 Å². The molecule has 0 bridgehead atoms. The van der Waals surface area contributed by atoms with E-state index in [1.54, 1.807) is 0 Å². The first-order valence-corrected chi connectivity index (χ1v) is 27.4. The van der Waals surface area contributed by atoms with Gasteiger partial charge in [-0.05, 0) is 38.5 Å². The highest BCUT2D eigenvalue weighted by molar-refractivity contribution is 7.47. The van der Waals surface area contributed by atoms with Gasteiger partial charge in [0.15, 0.2) is 6.10 Å². The van der Waals surface area contributed by atoms with Crippen LogP contribution in [0.2, 0.25) is 0 Å². The first kappa shape index (κ1) is 58.8. The summed E-state index contributed by atoms with van der Waals surface area (Å²) >= 11 is 0. The van der Waals surface area contributed by atoms with E-state index in [-0.39, 0.29) is 12.8 Å². The van der Waals surface area contributed by atoms with Crippen LogP contribution >= 0.6 is 15.6 Å². The zero-order chi connectivity index (χ0) is 47.2. The third kappa shape index (κ3) is 27.5. The van der Waals surface area contributed by atoms with E-state index in [1.165, 1.54) is 83.5 Å². The quantitative estimate of drug-likeness (QED) is 0.0100. The molecule has 10 atom stereocenters. The summed E-state index contributed by atoms with van der Waals surface area (Å²) in [5.74, 6) is -1.22.